The van der Waals surface area contributed by atoms with E-state index in [0.29, 0.717) is 25.9 Å². The summed E-state index contributed by atoms with van der Waals surface area (Å²) in [6.45, 7) is 3.97. The highest BCUT2D eigenvalue weighted by Crippen LogP contribution is 2.33. The summed E-state index contributed by atoms with van der Waals surface area (Å²) in [5, 5.41) is 8.28. The molecule has 3 aromatic carbocycles. The summed E-state index contributed by atoms with van der Waals surface area (Å²) in [7, 11) is 1.58. The molecule has 0 radical (unpaired) electrons. The SMILES string of the molecule is CNC(=O)NCc1ccccc1-c1ccc(CN2C(=O)[C@H](NC(=O)C(C)(C)N)CCc3ccccc32)c(Br)c1. The summed E-state index contributed by atoms with van der Waals surface area (Å²) in [5.74, 6) is -0.527. The van der Waals surface area contributed by atoms with Gasteiger partial charge in [-0.25, -0.2) is 4.79 Å². The van der Waals surface area contributed by atoms with E-state index in [-0.39, 0.29) is 17.8 Å². The third-order valence-corrected chi connectivity index (χ3v) is 7.55. The molecule has 0 saturated heterocycles. The standard InChI is InChI=1S/C30H34BrN5O3/c1-30(2,32)28(38)35-25-15-14-19-8-5-7-11-26(19)36(27(25)37)18-22-13-12-20(16-24(22)31)23-10-6-4-9-21(23)17-34-29(39)33-3/h4-13,16,25H,14-15,17-18,32H2,1-3H3,(H,35,38)(H2,33,34,39)/t25-/m1/s1. The van der Waals surface area contributed by atoms with E-state index in [0.717, 1.165) is 38.0 Å². The minimum absolute atomic E-state index is 0.167. The van der Waals surface area contributed by atoms with Crippen LogP contribution in [-0.2, 0) is 29.1 Å². The zero-order chi connectivity index (χ0) is 28.2. The maximum absolute atomic E-state index is 13.8. The van der Waals surface area contributed by atoms with Gasteiger partial charge in [0.2, 0.25) is 11.8 Å². The van der Waals surface area contributed by atoms with Crippen molar-refractivity contribution >= 4 is 39.5 Å². The molecular weight excluding hydrogens is 558 g/mol. The molecule has 0 aliphatic carbocycles. The number of anilines is 1. The van der Waals surface area contributed by atoms with Gasteiger partial charge < -0.3 is 26.6 Å². The van der Waals surface area contributed by atoms with E-state index in [2.05, 4.69) is 31.9 Å². The smallest absolute Gasteiger partial charge is 0.314 e. The third-order valence-electron chi connectivity index (χ3n) is 6.82. The summed E-state index contributed by atoms with van der Waals surface area (Å²) in [6, 6.07) is 20.9. The molecule has 8 nitrogen and oxygen atoms in total. The average Bonchev–Trinajstić information content (AvgIpc) is 3.04. The first-order valence-electron chi connectivity index (χ1n) is 12.9. The van der Waals surface area contributed by atoms with E-state index in [9.17, 15) is 14.4 Å². The molecule has 9 heteroatoms. The maximum atomic E-state index is 13.8. The average molecular weight is 593 g/mol. The van der Waals surface area contributed by atoms with Gasteiger partial charge >= 0.3 is 6.03 Å². The van der Waals surface area contributed by atoms with Crippen molar-refractivity contribution in [1.29, 1.82) is 0 Å². The van der Waals surface area contributed by atoms with E-state index in [1.165, 1.54) is 0 Å². The lowest BCUT2D eigenvalue weighted by Crippen LogP contribution is -2.56. The fourth-order valence-corrected chi connectivity index (χ4v) is 5.09. The molecule has 5 N–H and O–H groups in total. The molecule has 204 valence electrons. The lowest BCUT2D eigenvalue weighted by Gasteiger charge is -2.28. The quantitative estimate of drug-likeness (QED) is 0.328. The Kier molecular flexibility index (Phi) is 8.72. The van der Waals surface area contributed by atoms with Crippen molar-refractivity contribution in [1.82, 2.24) is 16.0 Å². The van der Waals surface area contributed by atoms with E-state index >= 15 is 0 Å². The second kappa shape index (κ2) is 12.0. The van der Waals surface area contributed by atoms with E-state index in [4.69, 9.17) is 5.73 Å². The highest BCUT2D eigenvalue weighted by molar-refractivity contribution is 9.10. The van der Waals surface area contributed by atoms with Gasteiger partial charge in [-0.2, -0.15) is 0 Å². The van der Waals surface area contributed by atoms with Crippen molar-refractivity contribution in [2.24, 2.45) is 5.73 Å². The Morgan fingerprint density at radius 1 is 1.05 bits per heavy atom. The Hall–Kier alpha value is -3.69. The van der Waals surface area contributed by atoms with Crippen LogP contribution in [0, 0.1) is 0 Å². The largest absolute Gasteiger partial charge is 0.343 e. The van der Waals surface area contributed by atoms with Crippen LogP contribution < -0.4 is 26.6 Å². The second-order valence-electron chi connectivity index (χ2n) is 10.2. The second-order valence-corrected chi connectivity index (χ2v) is 11.1. The number of carbonyl (C=O) groups is 3. The van der Waals surface area contributed by atoms with Crippen LogP contribution in [0.1, 0.15) is 37.0 Å². The van der Waals surface area contributed by atoms with Crippen LogP contribution in [0.3, 0.4) is 0 Å². The Balaban J connectivity index is 1.62. The van der Waals surface area contributed by atoms with Gasteiger partial charge in [0.25, 0.3) is 0 Å². The first-order chi connectivity index (χ1) is 18.6. The van der Waals surface area contributed by atoms with Crippen molar-refractivity contribution < 1.29 is 14.4 Å². The summed E-state index contributed by atoms with van der Waals surface area (Å²) in [4.78, 5) is 39.9. The Morgan fingerprint density at radius 3 is 2.49 bits per heavy atom. The molecule has 1 aliphatic rings. The fraction of sp³-hybridized carbons (Fsp3) is 0.300. The lowest BCUT2D eigenvalue weighted by molar-refractivity contribution is -0.130. The molecule has 1 heterocycles. The van der Waals surface area contributed by atoms with Crippen molar-refractivity contribution in [3.05, 3.63) is 87.9 Å². The number of hydrogen-bond donors (Lipinski definition) is 4. The van der Waals surface area contributed by atoms with Crippen LogP contribution >= 0.6 is 15.9 Å². The number of para-hydroxylation sites is 1. The van der Waals surface area contributed by atoms with Crippen molar-refractivity contribution in [3.8, 4) is 11.1 Å². The number of hydrogen-bond acceptors (Lipinski definition) is 4. The van der Waals surface area contributed by atoms with Gasteiger partial charge in [0, 0.05) is 23.8 Å². The van der Waals surface area contributed by atoms with Gasteiger partial charge in [-0.05, 0) is 66.6 Å². The molecule has 39 heavy (non-hydrogen) atoms. The number of rotatable bonds is 7. The monoisotopic (exact) mass is 591 g/mol. The number of amides is 4. The van der Waals surface area contributed by atoms with Crippen LogP contribution in [0.5, 0.6) is 0 Å². The number of aryl methyl sites for hydroxylation is 1. The molecular formula is C30H34BrN5O3. The predicted octanol–water partition coefficient (Wildman–Crippen LogP) is 4.25. The summed E-state index contributed by atoms with van der Waals surface area (Å²) < 4.78 is 0.854. The number of benzene rings is 3. The minimum atomic E-state index is -1.09. The first-order valence-corrected chi connectivity index (χ1v) is 13.7. The summed E-state index contributed by atoms with van der Waals surface area (Å²) >= 11 is 3.73. The highest BCUT2D eigenvalue weighted by atomic mass is 79.9. The van der Waals surface area contributed by atoms with Crippen LogP contribution in [0.2, 0.25) is 0 Å². The molecule has 0 saturated carbocycles. The number of halogens is 1. The van der Waals surface area contributed by atoms with Gasteiger partial charge in [0.05, 0.1) is 12.1 Å². The van der Waals surface area contributed by atoms with Crippen molar-refractivity contribution in [2.45, 2.75) is 51.4 Å². The lowest BCUT2D eigenvalue weighted by atomic mass is 9.98. The van der Waals surface area contributed by atoms with Gasteiger partial charge in [-0.15, -0.1) is 0 Å². The molecule has 0 unspecified atom stereocenters. The van der Waals surface area contributed by atoms with Gasteiger partial charge in [-0.3, -0.25) is 9.59 Å². The Morgan fingerprint density at radius 2 is 1.77 bits per heavy atom. The molecule has 1 atom stereocenters. The summed E-state index contributed by atoms with van der Waals surface area (Å²) in [6.07, 6.45) is 1.16. The highest BCUT2D eigenvalue weighted by Gasteiger charge is 2.34. The normalized spacial score (nSPS) is 15.3. The number of nitrogens with two attached hydrogens (primary N) is 1. The van der Waals surface area contributed by atoms with Crippen LogP contribution in [0.25, 0.3) is 11.1 Å². The van der Waals surface area contributed by atoms with Gasteiger partial charge in [0.1, 0.15) is 6.04 Å². The molecule has 3 aromatic rings. The Labute approximate surface area is 237 Å². The molecule has 0 aromatic heterocycles. The summed E-state index contributed by atoms with van der Waals surface area (Å²) in [5.41, 5.74) is 10.7. The number of nitrogens with one attached hydrogen (secondary N) is 3. The number of fused-ring (bicyclic) bond motifs is 1. The fourth-order valence-electron chi connectivity index (χ4n) is 4.59. The van der Waals surface area contributed by atoms with Gasteiger partial charge in [-0.1, -0.05) is 70.5 Å². The van der Waals surface area contributed by atoms with Gasteiger partial charge in [0.15, 0.2) is 0 Å². The topological polar surface area (TPSA) is 117 Å². The van der Waals surface area contributed by atoms with Crippen LogP contribution in [0.15, 0.2) is 71.2 Å². The zero-order valence-corrected chi connectivity index (χ0v) is 24.0. The predicted molar refractivity (Wildman–Crippen MR) is 157 cm³/mol. The zero-order valence-electron chi connectivity index (χ0n) is 22.4. The van der Waals surface area contributed by atoms with E-state index in [1.807, 2.05) is 66.7 Å². The molecule has 4 amide bonds. The number of carbonyl (C=O) groups excluding carboxylic acids is 3. The maximum Gasteiger partial charge on any atom is 0.314 e. The number of nitrogens with zero attached hydrogens (tertiary/aromatic N) is 1. The van der Waals surface area contributed by atoms with Crippen molar-refractivity contribution in [2.75, 3.05) is 11.9 Å². The third kappa shape index (κ3) is 6.66. The van der Waals surface area contributed by atoms with Crippen LogP contribution in [0.4, 0.5) is 10.5 Å². The van der Waals surface area contributed by atoms with Crippen LogP contribution in [-0.4, -0.2) is 36.5 Å². The molecule has 0 bridgehead atoms. The molecule has 0 fully saturated rings. The molecule has 0 spiro atoms. The molecule has 4 rings (SSSR count). The van der Waals surface area contributed by atoms with E-state index < -0.39 is 11.6 Å². The Bertz CT molecular complexity index is 1390. The van der Waals surface area contributed by atoms with E-state index in [1.54, 1.807) is 25.8 Å². The molecule has 1 aliphatic heterocycles. The number of urea groups is 1. The minimum Gasteiger partial charge on any atom is -0.343 e. The first kappa shape index (κ1) is 28.3. The van der Waals surface area contributed by atoms with Crippen molar-refractivity contribution in [3.63, 3.8) is 0 Å².